The normalized spacial score (nSPS) is 17.8. The highest BCUT2D eigenvalue weighted by Gasteiger charge is 2.32. The third-order valence-corrected chi connectivity index (χ3v) is 7.64. The number of fused-ring (bicyclic) bond motifs is 1. The molecule has 1 aromatic heterocycles. The van der Waals surface area contributed by atoms with E-state index in [0.717, 1.165) is 48.1 Å². The van der Waals surface area contributed by atoms with E-state index in [4.69, 9.17) is 32.7 Å². The largest absolute Gasteiger partial charge is 0.444 e. The Morgan fingerprint density at radius 1 is 1.10 bits per heavy atom. The van der Waals surface area contributed by atoms with Crippen molar-refractivity contribution in [1.29, 1.82) is 0 Å². The Balaban J connectivity index is 1.32. The number of nitrogens with one attached hydrogen (secondary N) is 1. The molecule has 0 spiro atoms. The molecule has 1 N–H and O–H groups in total. The fourth-order valence-electron chi connectivity index (χ4n) is 5.08. The lowest BCUT2D eigenvalue weighted by Crippen LogP contribution is -2.49. The zero-order valence-corrected chi connectivity index (χ0v) is 24.5. The number of nitrogens with zero attached hydrogens (tertiary/aromatic N) is 3. The first kappa shape index (κ1) is 28.5. The molecule has 2 aliphatic heterocycles. The van der Waals surface area contributed by atoms with Crippen LogP contribution in [0.4, 0.5) is 4.79 Å². The fraction of sp³-hybridized carbons (Fsp3) is 0.433. The summed E-state index contributed by atoms with van der Waals surface area (Å²) in [4.78, 5) is 28.2. The van der Waals surface area contributed by atoms with Crippen LogP contribution in [-0.2, 0) is 33.8 Å². The number of rotatable bonds is 6. The maximum atomic E-state index is 13.8. The first-order valence-corrected chi connectivity index (χ1v) is 14.3. The first-order valence-electron chi connectivity index (χ1n) is 13.6. The van der Waals surface area contributed by atoms with Crippen molar-refractivity contribution in [3.8, 4) is 11.1 Å². The SMILES string of the molecule is CC(C)(C)OC(=O)N[C@H](Cc1ccc(Cl)cc1Cl)C(=O)N1Cc2ccc(-c3cnn(C4CCCCO4)c3)cc2C1. The predicted molar refractivity (Wildman–Crippen MR) is 154 cm³/mol. The molecule has 3 heterocycles. The van der Waals surface area contributed by atoms with Crippen LogP contribution < -0.4 is 5.32 Å². The first-order chi connectivity index (χ1) is 19.1. The molecule has 2 atom stereocenters. The van der Waals surface area contributed by atoms with Gasteiger partial charge in [-0.3, -0.25) is 4.79 Å². The number of hydrogen-bond donors (Lipinski definition) is 1. The van der Waals surface area contributed by atoms with Crippen molar-refractivity contribution in [2.24, 2.45) is 0 Å². The molecule has 10 heteroatoms. The molecule has 212 valence electrons. The molecular weight excluding hydrogens is 551 g/mol. The highest BCUT2D eigenvalue weighted by Crippen LogP contribution is 2.31. The number of aromatic nitrogens is 2. The van der Waals surface area contributed by atoms with E-state index in [1.54, 1.807) is 43.9 Å². The average molecular weight is 586 g/mol. The van der Waals surface area contributed by atoms with Crippen molar-refractivity contribution in [2.75, 3.05) is 6.61 Å². The van der Waals surface area contributed by atoms with Crippen molar-refractivity contribution in [1.82, 2.24) is 20.0 Å². The standard InChI is InChI=1S/C30H34Cl2N4O4/c1-30(2,3)40-29(38)34-26(13-20-9-10-24(31)14-25(20)32)28(37)35-16-21-8-7-19(12-22(21)17-35)23-15-33-36(18-23)27-6-4-5-11-39-27/h7-10,12,14-15,18,26-27H,4-6,11,13,16-17H2,1-3H3,(H,34,38)/t26-,27?/m1/s1. The van der Waals surface area contributed by atoms with Gasteiger partial charge >= 0.3 is 6.09 Å². The van der Waals surface area contributed by atoms with Crippen molar-refractivity contribution >= 4 is 35.2 Å². The molecule has 0 bridgehead atoms. The van der Waals surface area contributed by atoms with Crippen LogP contribution in [0.25, 0.3) is 11.1 Å². The lowest BCUT2D eigenvalue weighted by atomic mass is 10.0. The van der Waals surface area contributed by atoms with E-state index < -0.39 is 17.7 Å². The Hall–Kier alpha value is -3.07. The summed E-state index contributed by atoms with van der Waals surface area (Å²) in [6, 6.07) is 10.5. The number of carbonyl (C=O) groups excluding carboxylic acids is 2. The summed E-state index contributed by atoms with van der Waals surface area (Å²) >= 11 is 12.5. The lowest BCUT2D eigenvalue weighted by Gasteiger charge is -2.26. The van der Waals surface area contributed by atoms with E-state index >= 15 is 0 Å². The van der Waals surface area contributed by atoms with Crippen LogP contribution in [0, 0.1) is 0 Å². The Bertz CT molecular complexity index is 1390. The number of amides is 2. The molecular formula is C30H34Cl2N4O4. The summed E-state index contributed by atoms with van der Waals surface area (Å²) in [7, 11) is 0. The number of halogens is 2. The van der Waals surface area contributed by atoms with Crippen molar-refractivity contribution in [2.45, 2.75) is 77.4 Å². The number of carbonyl (C=O) groups is 2. The second-order valence-corrected chi connectivity index (χ2v) is 12.2. The average Bonchev–Trinajstić information content (AvgIpc) is 3.56. The summed E-state index contributed by atoms with van der Waals surface area (Å²) in [5.41, 5.74) is 4.18. The minimum absolute atomic E-state index is 0.0198. The number of benzene rings is 2. The third-order valence-electron chi connectivity index (χ3n) is 7.05. The Kier molecular flexibility index (Phi) is 8.40. The van der Waals surface area contributed by atoms with Gasteiger partial charge in [0.1, 0.15) is 17.9 Å². The number of alkyl carbamates (subject to hydrolysis) is 1. The van der Waals surface area contributed by atoms with Gasteiger partial charge in [-0.05, 0) is 80.5 Å². The van der Waals surface area contributed by atoms with E-state index in [1.165, 1.54) is 0 Å². The predicted octanol–water partition coefficient (Wildman–Crippen LogP) is 6.53. The highest BCUT2D eigenvalue weighted by molar-refractivity contribution is 6.35. The van der Waals surface area contributed by atoms with Crippen molar-refractivity contribution in [3.05, 3.63) is 75.5 Å². The molecule has 8 nitrogen and oxygen atoms in total. The van der Waals surface area contributed by atoms with Crippen LogP contribution >= 0.6 is 23.2 Å². The van der Waals surface area contributed by atoms with Crippen LogP contribution in [0.1, 0.15) is 63.0 Å². The Morgan fingerprint density at radius 3 is 2.62 bits per heavy atom. The van der Waals surface area contributed by atoms with Gasteiger partial charge in [0.25, 0.3) is 0 Å². The van der Waals surface area contributed by atoms with Crippen LogP contribution in [0.2, 0.25) is 10.0 Å². The minimum atomic E-state index is -0.865. The van der Waals surface area contributed by atoms with Gasteiger partial charge in [-0.1, -0.05) is 41.4 Å². The molecule has 2 amide bonds. The van der Waals surface area contributed by atoms with E-state index in [1.807, 2.05) is 17.1 Å². The van der Waals surface area contributed by atoms with Crippen molar-refractivity contribution < 1.29 is 19.1 Å². The van der Waals surface area contributed by atoms with E-state index in [0.29, 0.717) is 28.7 Å². The molecule has 3 aromatic rings. The van der Waals surface area contributed by atoms with Crippen molar-refractivity contribution in [3.63, 3.8) is 0 Å². The fourth-order valence-corrected chi connectivity index (χ4v) is 5.57. The molecule has 0 aliphatic carbocycles. The molecule has 40 heavy (non-hydrogen) atoms. The quantitative estimate of drug-likeness (QED) is 0.356. The van der Waals surface area contributed by atoms with E-state index in [-0.39, 0.29) is 18.6 Å². The van der Waals surface area contributed by atoms with Crippen LogP contribution in [-0.4, -0.2) is 44.9 Å². The Labute approximate surface area is 244 Å². The summed E-state index contributed by atoms with van der Waals surface area (Å²) in [5, 5.41) is 8.24. The molecule has 1 fully saturated rings. The second kappa shape index (κ2) is 11.8. The van der Waals surface area contributed by atoms with Gasteiger partial charge < -0.3 is 19.7 Å². The molecule has 1 saturated heterocycles. The minimum Gasteiger partial charge on any atom is -0.444 e. The molecule has 0 radical (unpaired) electrons. The third kappa shape index (κ3) is 6.79. The topological polar surface area (TPSA) is 85.7 Å². The van der Waals surface area contributed by atoms with Gasteiger partial charge in [0, 0.05) is 47.9 Å². The summed E-state index contributed by atoms with van der Waals surface area (Å²) in [5.74, 6) is -0.211. The second-order valence-electron chi connectivity index (χ2n) is 11.3. The Morgan fingerprint density at radius 2 is 1.90 bits per heavy atom. The van der Waals surface area contributed by atoms with E-state index in [9.17, 15) is 9.59 Å². The van der Waals surface area contributed by atoms with Gasteiger partial charge in [0.15, 0.2) is 0 Å². The van der Waals surface area contributed by atoms with Gasteiger partial charge in [0.05, 0.1) is 6.20 Å². The summed E-state index contributed by atoms with van der Waals surface area (Å²) in [6.45, 7) is 6.98. The molecule has 2 aliphatic rings. The van der Waals surface area contributed by atoms with Gasteiger partial charge in [0.2, 0.25) is 5.91 Å². The molecule has 0 saturated carbocycles. The molecule has 1 unspecified atom stereocenters. The molecule has 2 aromatic carbocycles. The molecule has 5 rings (SSSR count). The van der Waals surface area contributed by atoms with Crippen LogP contribution in [0.3, 0.4) is 0 Å². The maximum Gasteiger partial charge on any atom is 0.408 e. The zero-order valence-electron chi connectivity index (χ0n) is 23.0. The smallest absolute Gasteiger partial charge is 0.408 e. The van der Waals surface area contributed by atoms with Gasteiger partial charge in [-0.25, -0.2) is 9.48 Å². The highest BCUT2D eigenvalue weighted by atomic mass is 35.5. The number of hydrogen-bond acceptors (Lipinski definition) is 5. The zero-order chi connectivity index (χ0) is 28.4. The van der Waals surface area contributed by atoms with Gasteiger partial charge in [-0.2, -0.15) is 5.10 Å². The van der Waals surface area contributed by atoms with Gasteiger partial charge in [-0.15, -0.1) is 0 Å². The number of ether oxygens (including phenoxy) is 2. The summed E-state index contributed by atoms with van der Waals surface area (Å²) < 4.78 is 13.2. The van der Waals surface area contributed by atoms with Crippen LogP contribution in [0.15, 0.2) is 48.8 Å². The lowest BCUT2D eigenvalue weighted by molar-refractivity contribution is -0.134. The summed E-state index contributed by atoms with van der Waals surface area (Å²) in [6.07, 6.45) is 6.58. The monoisotopic (exact) mass is 584 g/mol. The maximum absolute atomic E-state index is 13.8. The van der Waals surface area contributed by atoms with E-state index in [2.05, 4.69) is 28.6 Å². The van der Waals surface area contributed by atoms with Crippen LogP contribution in [0.5, 0.6) is 0 Å².